The van der Waals surface area contributed by atoms with Crippen molar-refractivity contribution in [1.29, 1.82) is 0 Å². The molecule has 0 saturated carbocycles. The van der Waals surface area contributed by atoms with Gasteiger partial charge in [0.2, 0.25) is 5.28 Å². The second-order valence-corrected chi connectivity index (χ2v) is 3.79. The third kappa shape index (κ3) is 2.45. The lowest BCUT2D eigenvalue weighted by Gasteiger charge is -2.07. The maximum Gasteiger partial charge on any atom is 0.313 e. The van der Waals surface area contributed by atoms with E-state index in [2.05, 4.69) is 9.97 Å². The van der Waals surface area contributed by atoms with Gasteiger partial charge < -0.3 is 4.74 Å². The fourth-order valence-electron chi connectivity index (χ4n) is 1.54. The van der Waals surface area contributed by atoms with E-state index in [0.29, 0.717) is 0 Å². The zero-order valence-corrected chi connectivity index (χ0v) is 10.4. The van der Waals surface area contributed by atoms with Gasteiger partial charge in [-0.15, -0.1) is 0 Å². The van der Waals surface area contributed by atoms with E-state index in [1.807, 2.05) is 0 Å². The van der Waals surface area contributed by atoms with Crippen LogP contribution < -0.4 is 4.74 Å². The number of halogens is 2. The predicted molar refractivity (Wildman–Crippen MR) is 65.6 cm³/mol. The van der Waals surface area contributed by atoms with Gasteiger partial charge in [-0.05, 0) is 23.7 Å². The minimum atomic E-state index is -0.747. The van der Waals surface area contributed by atoms with Gasteiger partial charge >= 0.3 is 5.69 Å². The van der Waals surface area contributed by atoms with Crippen molar-refractivity contribution >= 4 is 17.3 Å². The molecule has 0 amide bonds. The summed E-state index contributed by atoms with van der Waals surface area (Å²) in [6, 6.07) is 4.24. The highest BCUT2D eigenvalue weighted by molar-refractivity contribution is 6.28. The van der Waals surface area contributed by atoms with E-state index in [1.165, 1.54) is 25.3 Å². The Morgan fingerprint density at radius 1 is 1.47 bits per heavy atom. The Kier molecular flexibility index (Phi) is 3.57. The Hall–Kier alpha value is -2.28. The van der Waals surface area contributed by atoms with Crippen molar-refractivity contribution < 1.29 is 14.1 Å². The number of nitrogens with zero attached hydrogens (tertiary/aromatic N) is 3. The van der Waals surface area contributed by atoms with E-state index in [1.54, 1.807) is 0 Å². The summed E-state index contributed by atoms with van der Waals surface area (Å²) in [5.74, 6) is -0.788. The van der Waals surface area contributed by atoms with E-state index in [4.69, 9.17) is 16.3 Å². The summed E-state index contributed by atoms with van der Waals surface area (Å²) < 4.78 is 18.9. The molecule has 19 heavy (non-hydrogen) atoms. The van der Waals surface area contributed by atoms with Gasteiger partial charge in [0, 0.05) is 5.56 Å². The average molecular weight is 284 g/mol. The molecule has 1 aromatic carbocycles. The summed E-state index contributed by atoms with van der Waals surface area (Å²) in [6.45, 7) is 0. The molecule has 6 nitrogen and oxygen atoms in total. The van der Waals surface area contributed by atoms with Crippen LogP contribution in [0.3, 0.4) is 0 Å². The maximum absolute atomic E-state index is 14.1. The summed E-state index contributed by atoms with van der Waals surface area (Å²) in [5, 5.41) is 10.7. The first-order chi connectivity index (χ1) is 9.04. The van der Waals surface area contributed by atoms with E-state index >= 15 is 0 Å². The highest BCUT2D eigenvalue weighted by Crippen LogP contribution is 2.33. The first kappa shape index (κ1) is 13.2. The van der Waals surface area contributed by atoms with Crippen LogP contribution in [0.2, 0.25) is 5.28 Å². The first-order valence-electron chi connectivity index (χ1n) is 5.04. The van der Waals surface area contributed by atoms with Gasteiger partial charge in [0.05, 0.1) is 12.0 Å². The number of methoxy groups -OCH3 is 1. The third-order valence-corrected chi connectivity index (χ3v) is 2.56. The van der Waals surface area contributed by atoms with Crippen molar-refractivity contribution in [3.63, 3.8) is 0 Å². The number of ether oxygens (including phenoxy) is 1. The Balaban J connectivity index is 2.71. The molecule has 0 atom stereocenters. The lowest BCUT2D eigenvalue weighted by atomic mass is 10.1. The standard InChI is InChI=1S/C11H7ClFN3O3/c1-19-8-4-2-3-6(9(8)13)10-7(16(17)18)5-14-11(12)15-10/h2-5H,1H3. The third-order valence-electron chi connectivity index (χ3n) is 2.38. The molecule has 0 aliphatic heterocycles. The van der Waals surface area contributed by atoms with Crippen molar-refractivity contribution in [2.45, 2.75) is 0 Å². The normalized spacial score (nSPS) is 10.3. The molecule has 0 aliphatic carbocycles. The van der Waals surface area contributed by atoms with E-state index in [0.717, 1.165) is 6.20 Å². The van der Waals surface area contributed by atoms with Crippen LogP contribution >= 0.6 is 11.6 Å². The van der Waals surface area contributed by atoms with Crippen LogP contribution in [-0.4, -0.2) is 22.0 Å². The van der Waals surface area contributed by atoms with Crippen LogP contribution in [0.25, 0.3) is 11.3 Å². The summed E-state index contributed by atoms with van der Waals surface area (Å²) >= 11 is 5.60. The molecular formula is C11H7ClFN3O3. The predicted octanol–water partition coefficient (Wildman–Crippen LogP) is 2.85. The molecule has 0 fully saturated rings. The van der Waals surface area contributed by atoms with Crippen LogP contribution in [0.4, 0.5) is 10.1 Å². The van der Waals surface area contributed by atoms with E-state index in [-0.39, 0.29) is 22.3 Å². The zero-order chi connectivity index (χ0) is 14.0. The minimum Gasteiger partial charge on any atom is -0.494 e. The maximum atomic E-state index is 14.1. The van der Waals surface area contributed by atoms with Crippen molar-refractivity contribution in [3.05, 3.63) is 45.6 Å². The first-order valence-corrected chi connectivity index (χ1v) is 5.42. The number of hydrogen-bond acceptors (Lipinski definition) is 5. The lowest BCUT2D eigenvalue weighted by molar-refractivity contribution is -0.384. The van der Waals surface area contributed by atoms with Crippen molar-refractivity contribution in [2.24, 2.45) is 0 Å². The fraction of sp³-hybridized carbons (Fsp3) is 0.0909. The second kappa shape index (κ2) is 5.15. The van der Waals surface area contributed by atoms with Crippen LogP contribution in [0.5, 0.6) is 5.75 Å². The minimum absolute atomic E-state index is 0.0402. The number of hydrogen-bond donors (Lipinski definition) is 0. The van der Waals surface area contributed by atoms with Crippen LogP contribution in [-0.2, 0) is 0 Å². The van der Waals surface area contributed by atoms with Crippen molar-refractivity contribution in [3.8, 4) is 17.0 Å². The smallest absolute Gasteiger partial charge is 0.313 e. The zero-order valence-electron chi connectivity index (χ0n) is 9.63. The van der Waals surface area contributed by atoms with Gasteiger partial charge in [0.25, 0.3) is 0 Å². The van der Waals surface area contributed by atoms with Gasteiger partial charge in [-0.1, -0.05) is 6.07 Å². The largest absolute Gasteiger partial charge is 0.494 e. The number of rotatable bonds is 3. The molecule has 0 unspecified atom stereocenters. The molecule has 2 aromatic rings. The lowest BCUT2D eigenvalue weighted by Crippen LogP contribution is -1.99. The van der Waals surface area contributed by atoms with Crippen LogP contribution in [0.1, 0.15) is 0 Å². The number of benzene rings is 1. The molecule has 0 radical (unpaired) electrons. The summed E-state index contributed by atoms with van der Waals surface area (Å²) in [4.78, 5) is 17.4. The molecule has 0 bridgehead atoms. The second-order valence-electron chi connectivity index (χ2n) is 3.45. The van der Waals surface area contributed by atoms with Crippen LogP contribution in [0.15, 0.2) is 24.4 Å². The quantitative estimate of drug-likeness (QED) is 0.492. The Morgan fingerprint density at radius 3 is 2.84 bits per heavy atom. The molecule has 0 spiro atoms. The average Bonchev–Trinajstić information content (AvgIpc) is 2.38. The Morgan fingerprint density at radius 2 is 2.21 bits per heavy atom. The summed E-state index contributed by atoms with van der Waals surface area (Å²) in [6.07, 6.45) is 0.934. The van der Waals surface area contributed by atoms with Gasteiger partial charge in [-0.2, -0.15) is 0 Å². The number of nitro groups is 1. The highest BCUT2D eigenvalue weighted by Gasteiger charge is 2.22. The van der Waals surface area contributed by atoms with E-state index < -0.39 is 16.4 Å². The van der Waals surface area contributed by atoms with Gasteiger partial charge in [0.15, 0.2) is 17.3 Å². The number of aromatic nitrogens is 2. The molecule has 0 N–H and O–H groups in total. The molecule has 0 saturated heterocycles. The molecule has 1 heterocycles. The molecule has 0 aliphatic rings. The van der Waals surface area contributed by atoms with Gasteiger partial charge in [0.1, 0.15) is 6.20 Å². The molecule has 8 heteroatoms. The summed E-state index contributed by atoms with van der Waals surface area (Å²) in [7, 11) is 1.30. The SMILES string of the molecule is COc1cccc(-c2nc(Cl)ncc2[N+](=O)[O-])c1F. The van der Waals surface area contributed by atoms with E-state index in [9.17, 15) is 14.5 Å². The Labute approximate surface area is 112 Å². The van der Waals surface area contributed by atoms with Crippen molar-refractivity contribution in [1.82, 2.24) is 9.97 Å². The van der Waals surface area contributed by atoms with Crippen LogP contribution in [0, 0.1) is 15.9 Å². The highest BCUT2D eigenvalue weighted by atomic mass is 35.5. The van der Waals surface area contributed by atoms with Gasteiger partial charge in [-0.25, -0.2) is 14.4 Å². The molecule has 98 valence electrons. The molecule has 2 rings (SSSR count). The summed E-state index contributed by atoms with van der Waals surface area (Å²) in [5.41, 5.74) is -0.701. The van der Waals surface area contributed by atoms with Gasteiger partial charge in [-0.3, -0.25) is 10.1 Å². The molecular weight excluding hydrogens is 277 g/mol. The monoisotopic (exact) mass is 283 g/mol. The topological polar surface area (TPSA) is 78.2 Å². The molecule has 1 aromatic heterocycles. The fourth-order valence-corrected chi connectivity index (χ4v) is 1.67. The Bertz CT molecular complexity index is 651. The van der Waals surface area contributed by atoms with Crippen molar-refractivity contribution in [2.75, 3.05) is 7.11 Å².